The topological polar surface area (TPSA) is 146 Å². The monoisotopic (exact) mass is 328 g/mol. The minimum atomic E-state index is -1.51. The molecule has 1 aromatic carbocycles. The highest BCUT2D eigenvalue weighted by atomic mass is 16.6. The molecule has 5 N–H and O–H groups in total. The van der Waals surface area contributed by atoms with Crippen LogP contribution in [-0.2, 0) is 9.47 Å². The summed E-state index contributed by atoms with van der Waals surface area (Å²) in [6, 6.07) is 1.06. The molecule has 1 fully saturated rings. The minimum Gasteiger partial charge on any atom is -0.504 e. The molecule has 0 amide bonds. The van der Waals surface area contributed by atoms with Gasteiger partial charge in [-0.1, -0.05) is 0 Å². The van der Waals surface area contributed by atoms with E-state index in [-0.39, 0.29) is 16.9 Å². The third-order valence-electron chi connectivity index (χ3n) is 4.09. The Morgan fingerprint density at radius 1 is 1.26 bits per heavy atom. The van der Waals surface area contributed by atoms with Crippen LogP contribution in [-0.4, -0.2) is 69.6 Å². The lowest BCUT2D eigenvalue weighted by Gasteiger charge is -2.44. The summed E-state index contributed by atoms with van der Waals surface area (Å²) in [6.45, 7) is -0.583. The summed E-state index contributed by atoms with van der Waals surface area (Å²) in [5.74, 6) is -2.16. The number of aliphatic hydroxyl groups is 3. The van der Waals surface area contributed by atoms with Crippen LogP contribution in [0.1, 0.15) is 22.0 Å². The standard InChI is InChI=1S/C14H16O9/c1-21-11-5(16)2-4-7(9(11)18)12-13(23-14(4)20)10(19)8(17)6(3-15)22-12/h2,6,8,10,12-13,15-19H,3H2,1H3/t6-,8+,10-,12+,13-/m0/s1. The number of aromatic hydroxyl groups is 2. The molecule has 0 spiro atoms. The fraction of sp³-hybridized carbons (Fsp3) is 0.500. The van der Waals surface area contributed by atoms with Crippen molar-refractivity contribution in [2.24, 2.45) is 0 Å². The van der Waals surface area contributed by atoms with Crippen LogP contribution in [0.2, 0.25) is 0 Å². The van der Waals surface area contributed by atoms with Gasteiger partial charge in [0.1, 0.15) is 24.4 Å². The molecule has 126 valence electrons. The summed E-state index contributed by atoms with van der Waals surface area (Å²) in [5, 5.41) is 49.3. The summed E-state index contributed by atoms with van der Waals surface area (Å²) in [5.41, 5.74) is -0.187. The highest BCUT2D eigenvalue weighted by molar-refractivity contribution is 5.95. The fourth-order valence-electron chi connectivity index (χ4n) is 2.95. The number of benzene rings is 1. The molecule has 9 nitrogen and oxygen atoms in total. The number of fused-ring (bicyclic) bond motifs is 3. The summed E-state index contributed by atoms with van der Waals surface area (Å²) < 4.78 is 15.4. The number of hydrogen-bond acceptors (Lipinski definition) is 9. The zero-order valence-electron chi connectivity index (χ0n) is 12.0. The third-order valence-corrected chi connectivity index (χ3v) is 4.09. The molecule has 0 aromatic heterocycles. The maximum Gasteiger partial charge on any atom is 0.339 e. The van der Waals surface area contributed by atoms with Crippen LogP contribution in [0.5, 0.6) is 17.2 Å². The quantitative estimate of drug-likeness (QED) is 0.422. The van der Waals surface area contributed by atoms with Gasteiger partial charge < -0.3 is 39.7 Å². The van der Waals surface area contributed by atoms with E-state index >= 15 is 0 Å². The number of phenolic OH excluding ortho intramolecular Hbond substituents is 2. The number of ether oxygens (including phenoxy) is 3. The third kappa shape index (κ3) is 2.20. The van der Waals surface area contributed by atoms with Crippen LogP contribution in [0.3, 0.4) is 0 Å². The van der Waals surface area contributed by atoms with Crippen molar-refractivity contribution in [3.05, 3.63) is 17.2 Å². The van der Waals surface area contributed by atoms with E-state index in [2.05, 4.69) is 0 Å². The van der Waals surface area contributed by atoms with Crippen molar-refractivity contribution in [1.29, 1.82) is 0 Å². The van der Waals surface area contributed by atoms with E-state index in [1.54, 1.807) is 0 Å². The van der Waals surface area contributed by atoms with Crippen molar-refractivity contribution < 1.29 is 44.5 Å². The van der Waals surface area contributed by atoms with Crippen LogP contribution < -0.4 is 4.74 Å². The molecule has 0 saturated carbocycles. The number of methoxy groups -OCH3 is 1. The van der Waals surface area contributed by atoms with Crippen LogP contribution in [0.25, 0.3) is 0 Å². The van der Waals surface area contributed by atoms with Gasteiger partial charge in [-0.05, 0) is 6.07 Å². The number of aliphatic hydroxyl groups excluding tert-OH is 3. The lowest BCUT2D eigenvalue weighted by atomic mass is 9.86. The van der Waals surface area contributed by atoms with Gasteiger partial charge in [-0.2, -0.15) is 0 Å². The van der Waals surface area contributed by atoms with E-state index in [1.807, 2.05) is 0 Å². The van der Waals surface area contributed by atoms with Crippen molar-refractivity contribution in [2.45, 2.75) is 30.5 Å². The minimum absolute atomic E-state index is 0.0368. The Hall–Kier alpha value is -2.07. The average Bonchev–Trinajstić information content (AvgIpc) is 2.52. The molecule has 0 unspecified atom stereocenters. The molecule has 3 rings (SSSR count). The molecule has 23 heavy (non-hydrogen) atoms. The van der Waals surface area contributed by atoms with Gasteiger partial charge in [0.25, 0.3) is 0 Å². The number of phenols is 2. The summed E-state index contributed by atoms with van der Waals surface area (Å²) >= 11 is 0. The van der Waals surface area contributed by atoms with Crippen molar-refractivity contribution in [2.75, 3.05) is 13.7 Å². The lowest BCUT2D eigenvalue weighted by molar-refractivity contribution is -0.235. The van der Waals surface area contributed by atoms with E-state index in [9.17, 15) is 30.3 Å². The first-order valence-corrected chi connectivity index (χ1v) is 6.87. The Labute approximate surface area is 130 Å². The summed E-state index contributed by atoms with van der Waals surface area (Å²) in [4.78, 5) is 12.1. The second-order valence-corrected chi connectivity index (χ2v) is 5.37. The Morgan fingerprint density at radius 3 is 2.57 bits per heavy atom. The highest BCUT2D eigenvalue weighted by Gasteiger charge is 2.52. The van der Waals surface area contributed by atoms with Crippen molar-refractivity contribution in [1.82, 2.24) is 0 Å². The largest absolute Gasteiger partial charge is 0.504 e. The molecule has 5 atom stereocenters. The number of esters is 1. The molecule has 2 aliphatic rings. The molecule has 1 aromatic rings. The molecular weight excluding hydrogens is 312 g/mol. The predicted octanol–water partition coefficient (Wildman–Crippen LogP) is -1.20. The van der Waals surface area contributed by atoms with Crippen molar-refractivity contribution >= 4 is 5.97 Å². The summed E-state index contributed by atoms with van der Waals surface area (Å²) in [6.07, 6.45) is -6.50. The second-order valence-electron chi connectivity index (χ2n) is 5.37. The number of carbonyl (C=O) groups is 1. The van der Waals surface area contributed by atoms with Gasteiger partial charge in [0.2, 0.25) is 5.75 Å². The lowest BCUT2D eigenvalue weighted by Crippen LogP contribution is -2.58. The summed E-state index contributed by atoms with van der Waals surface area (Å²) in [7, 11) is 1.22. The van der Waals surface area contributed by atoms with Crippen LogP contribution in [0, 0.1) is 0 Å². The first-order chi connectivity index (χ1) is 10.9. The first-order valence-electron chi connectivity index (χ1n) is 6.87. The van der Waals surface area contributed by atoms with Crippen LogP contribution in [0.15, 0.2) is 6.07 Å². The fourth-order valence-corrected chi connectivity index (χ4v) is 2.95. The van der Waals surface area contributed by atoms with Gasteiger partial charge in [0.05, 0.1) is 19.3 Å². The molecule has 2 heterocycles. The van der Waals surface area contributed by atoms with Gasteiger partial charge in [0.15, 0.2) is 17.6 Å². The molecule has 2 aliphatic heterocycles. The Kier molecular flexibility index (Phi) is 3.80. The highest BCUT2D eigenvalue weighted by Crippen LogP contribution is 2.49. The normalized spacial score (nSPS) is 32.7. The van der Waals surface area contributed by atoms with Gasteiger partial charge >= 0.3 is 5.97 Å². The predicted molar refractivity (Wildman–Crippen MR) is 72.2 cm³/mol. The number of hydrogen-bond donors (Lipinski definition) is 5. The molecular formula is C14H16O9. The molecule has 9 heteroatoms. The van der Waals surface area contributed by atoms with E-state index < -0.39 is 54.6 Å². The SMILES string of the molecule is COc1c(O)cc2c(c1O)[C@H]1O[C@@H](CO)[C@@H](O)[C@H](O)[C@@H]1OC2=O. The maximum atomic E-state index is 12.1. The molecule has 1 saturated heterocycles. The van der Waals surface area contributed by atoms with Gasteiger partial charge in [-0.3, -0.25) is 0 Å². The zero-order chi connectivity index (χ0) is 16.9. The van der Waals surface area contributed by atoms with E-state index in [0.29, 0.717) is 0 Å². The zero-order valence-corrected chi connectivity index (χ0v) is 12.0. The van der Waals surface area contributed by atoms with Gasteiger partial charge in [0, 0.05) is 5.56 Å². The van der Waals surface area contributed by atoms with Crippen LogP contribution in [0.4, 0.5) is 0 Å². The number of rotatable bonds is 2. The Bertz CT molecular complexity index is 644. The van der Waals surface area contributed by atoms with E-state index in [4.69, 9.17) is 14.2 Å². The molecule has 0 radical (unpaired) electrons. The van der Waals surface area contributed by atoms with E-state index in [1.165, 1.54) is 7.11 Å². The smallest absolute Gasteiger partial charge is 0.339 e. The van der Waals surface area contributed by atoms with Crippen molar-refractivity contribution in [3.8, 4) is 17.2 Å². The van der Waals surface area contributed by atoms with Gasteiger partial charge in [-0.15, -0.1) is 0 Å². The van der Waals surface area contributed by atoms with Crippen LogP contribution >= 0.6 is 0 Å². The second kappa shape index (κ2) is 5.53. The Balaban J connectivity index is 2.16. The average molecular weight is 328 g/mol. The molecule has 0 aliphatic carbocycles. The maximum absolute atomic E-state index is 12.1. The van der Waals surface area contributed by atoms with Crippen molar-refractivity contribution in [3.63, 3.8) is 0 Å². The Morgan fingerprint density at radius 2 is 1.96 bits per heavy atom. The van der Waals surface area contributed by atoms with Gasteiger partial charge in [-0.25, -0.2) is 4.79 Å². The van der Waals surface area contributed by atoms with E-state index in [0.717, 1.165) is 6.07 Å². The first kappa shape index (κ1) is 15.8. The molecule has 0 bridgehead atoms. The number of carbonyl (C=O) groups excluding carboxylic acids is 1.